The topological polar surface area (TPSA) is 32.3 Å². The molecular formula is C15H21FN2O. The number of alkyl halides is 1. The van der Waals surface area contributed by atoms with Crippen LogP contribution < -0.4 is 5.32 Å². The molecule has 1 aliphatic rings. The highest BCUT2D eigenvalue weighted by atomic mass is 19.1. The minimum atomic E-state index is -0.927. The third-order valence-corrected chi connectivity index (χ3v) is 3.76. The van der Waals surface area contributed by atoms with Crippen LogP contribution in [0, 0.1) is 0 Å². The van der Waals surface area contributed by atoms with Gasteiger partial charge < -0.3 is 10.2 Å². The fourth-order valence-corrected chi connectivity index (χ4v) is 2.61. The lowest BCUT2D eigenvalue weighted by atomic mass is 10.1. The van der Waals surface area contributed by atoms with Gasteiger partial charge in [0.2, 0.25) is 0 Å². The molecule has 2 atom stereocenters. The number of nitrogens with one attached hydrogen (secondary N) is 1. The van der Waals surface area contributed by atoms with Crippen molar-refractivity contribution in [2.45, 2.75) is 31.8 Å². The van der Waals surface area contributed by atoms with Crippen LogP contribution in [-0.2, 0) is 4.79 Å². The minimum Gasteiger partial charge on any atom is -0.332 e. The Morgan fingerprint density at radius 2 is 2.21 bits per heavy atom. The average Bonchev–Trinajstić information content (AvgIpc) is 2.97. The van der Waals surface area contributed by atoms with E-state index in [0.717, 1.165) is 24.9 Å². The van der Waals surface area contributed by atoms with Gasteiger partial charge in [0.1, 0.15) is 0 Å². The van der Waals surface area contributed by atoms with Crippen molar-refractivity contribution >= 4 is 5.91 Å². The summed E-state index contributed by atoms with van der Waals surface area (Å²) in [6, 6.07) is 9.98. The smallest absolute Gasteiger partial charge is 0.254 e. The Morgan fingerprint density at radius 1 is 1.47 bits per heavy atom. The van der Waals surface area contributed by atoms with Crippen LogP contribution in [0.15, 0.2) is 30.3 Å². The summed E-state index contributed by atoms with van der Waals surface area (Å²) in [6.07, 6.45) is 2.18. The molecule has 1 amide bonds. The van der Waals surface area contributed by atoms with E-state index in [1.165, 1.54) is 0 Å². The highest BCUT2D eigenvalue weighted by molar-refractivity contribution is 5.77. The minimum absolute atomic E-state index is 0.0909. The van der Waals surface area contributed by atoms with Gasteiger partial charge in [0.15, 0.2) is 6.67 Å². The molecule has 4 heteroatoms. The molecule has 0 bridgehead atoms. The Morgan fingerprint density at radius 3 is 2.79 bits per heavy atom. The Balaban J connectivity index is 2.10. The lowest BCUT2D eigenvalue weighted by Gasteiger charge is -2.31. The van der Waals surface area contributed by atoms with Crippen LogP contribution in [0.4, 0.5) is 4.39 Å². The van der Waals surface area contributed by atoms with Crippen LogP contribution in [-0.4, -0.2) is 36.6 Å². The Bertz CT molecular complexity index is 404. The molecule has 1 fully saturated rings. The summed E-state index contributed by atoms with van der Waals surface area (Å²) >= 11 is 0. The number of hydrogen-bond acceptors (Lipinski definition) is 2. The van der Waals surface area contributed by atoms with Gasteiger partial charge in [-0.25, -0.2) is 4.39 Å². The zero-order valence-electron chi connectivity index (χ0n) is 11.3. The van der Waals surface area contributed by atoms with E-state index < -0.39 is 12.6 Å². The summed E-state index contributed by atoms with van der Waals surface area (Å²) in [5.41, 5.74) is 1.04. The van der Waals surface area contributed by atoms with Gasteiger partial charge in [0.25, 0.3) is 5.91 Å². The number of hydrogen-bond donors (Lipinski definition) is 1. The molecule has 0 spiro atoms. The van der Waals surface area contributed by atoms with Gasteiger partial charge in [0, 0.05) is 12.6 Å². The van der Waals surface area contributed by atoms with Crippen molar-refractivity contribution < 1.29 is 9.18 Å². The fraction of sp³-hybridized carbons (Fsp3) is 0.533. The van der Waals surface area contributed by atoms with Gasteiger partial charge in [0.05, 0.1) is 6.04 Å². The van der Waals surface area contributed by atoms with Crippen LogP contribution in [0.2, 0.25) is 0 Å². The van der Waals surface area contributed by atoms with Gasteiger partial charge in [-0.15, -0.1) is 0 Å². The Kier molecular flexibility index (Phi) is 4.91. The Labute approximate surface area is 113 Å². The van der Waals surface area contributed by atoms with Crippen molar-refractivity contribution in [1.82, 2.24) is 10.2 Å². The summed E-state index contributed by atoms with van der Waals surface area (Å²) < 4.78 is 12.8. The van der Waals surface area contributed by atoms with Crippen LogP contribution in [0.3, 0.4) is 0 Å². The quantitative estimate of drug-likeness (QED) is 0.885. The number of halogens is 1. The lowest BCUT2D eigenvalue weighted by molar-refractivity contribution is -0.134. The molecule has 1 saturated heterocycles. The summed E-state index contributed by atoms with van der Waals surface area (Å²) in [5.74, 6) is -0.426. The predicted molar refractivity (Wildman–Crippen MR) is 73.6 cm³/mol. The summed E-state index contributed by atoms with van der Waals surface area (Å²) in [6.45, 7) is 2.60. The van der Waals surface area contributed by atoms with E-state index in [4.69, 9.17) is 0 Å². The first-order chi connectivity index (χ1) is 9.22. The van der Waals surface area contributed by atoms with Crippen LogP contribution in [0.25, 0.3) is 0 Å². The summed E-state index contributed by atoms with van der Waals surface area (Å²) in [5, 5.41) is 3.36. The number of rotatable bonds is 5. The van der Waals surface area contributed by atoms with Crippen LogP contribution in [0.1, 0.15) is 31.4 Å². The first kappa shape index (κ1) is 14.0. The van der Waals surface area contributed by atoms with Gasteiger partial charge >= 0.3 is 0 Å². The molecule has 1 aliphatic heterocycles. The molecule has 1 heterocycles. The monoisotopic (exact) mass is 264 g/mol. The van der Waals surface area contributed by atoms with E-state index in [1.807, 2.05) is 37.3 Å². The van der Waals surface area contributed by atoms with E-state index in [0.29, 0.717) is 12.6 Å². The zero-order chi connectivity index (χ0) is 13.7. The first-order valence-corrected chi connectivity index (χ1v) is 6.86. The van der Waals surface area contributed by atoms with Gasteiger partial charge in [-0.2, -0.15) is 0 Å². The van der Waals surface area contributed by atoms with Crippen molar-refractivity contribution in [1.29, 1.82) is 0 Å². The highest BCUT2D eigenvalue weighted by Gasteiger charge is 2.25. The first-order valence-electron chi connectivity index (χ1n) is 6.86. The van der Waals surface area contributed by atoms with Crippen molar-refractivity contribution in [3.63, 3.8) is 0 Å². The second-order valence-corrected chi connectivity index (χ2v) is 5.06. The number of carbonyl (C=O) groups excluding carboxylic acids is 1. The highest BCUT2D eigenvalue weighted by Crippen LogP contribution is 2.21. The maximum atomic E-state index is 12.8. The molecule has 3 nitrogen and oxygen atoms in total. The number of carbonyl (C=O) groups is 1. The van der Waals surface area contributed by atoms with Crippen molar-refractivity contribution in [3.05, 3.63) is 35.9 Å². The maximum Gasteiger partial charge on any atom is 0.254 e. The fourth-order valence-electron chi connectivity index (χ4n) is 2.61. The summed E-state index contributed by atoms with van der Waals surface area (Å²) in [4.78, 5) is 13.5. The number of benzene rings is 1. The third-order valence-electron chi connectivity index (χ3n) is 3.76. The zero-order valence-corrected chi connectivity index (χ0v) is 11.3. The van der Waals surface area contributed by atoms with Gasteiger partial charge in [-0.3, -0.25) is 4.79 Å². The molecule has 2 rings (SSSR count). The molecule has 0 radical (unpaired) electrons. The number of amides is 1. The van der Waals surface area contributed by atoms with E-state index in [2.05, 4.69) is 5.32 Å². The normalized spacial score (nSPS) is 20.2. The molecule has 104 valence electrons. The van der Waals surface area contributed by atoms with Gasteiger partial charge in [-0.1, -0.05) is 30.3 Å². The molecule has 1 aromatic carbocycles. The average molecular weight is 264 g/mol. The molecule has 0 aliphatic carbocycles. The summed E-state index contributed by atoms with van der Waals surface area (Å²) in [7, 11) is 0. The molecule has 0 saturated carbocycles. The largest absolute Gasteiger partial charge is 0.332 e. The molecular weight excluding hydrogens is 243 g/mol. The van der Waals surface area contributed by atoms with E-state index in [1.54, 1.807) is 4.90 Å². The van der Waals surface area contributed by atoms with Crippen molar-refractivity contribution in [2.24, 2.45) is 0 Å². The molecule has 0 aromatic heterocycles. The molecule has 19 heavy (non-hydrogen) atoms. The SMILES string of the molecule is C[C@H](c1ccccc1)N(C[C@@H]1CCCN1)C(=O)CF. The molecule has 0 unspecified atom stereocenters. The standard InChI is InChI=1S/C15H21FN2O/c1-12(13-6-3-2-4-7-13)18(15(19)10-16)11-14-8-5-9-17-14/h2-4,6-7,12,14,17H,5,8-11H2,1H3/t12-,14+/m1/s1. The van der Waals surface area contributed by atoms with E-state index >= 15 is 0 Å². The maximum absolute atomic E-state index is 12.8. The third kappa shape index (κ3) is 3.53. The molecule has 1 aromatic rings. The second kappa shape index (κ2) is 6.66. The molecule has 1 N–H and O–H groups in total. The number of nitrogens with zero attached hydrogens (tertiary/aromatic N) is 1. The Hall–Kier alpha value is -1.42. The van der Waals surface area contributed by atoms with Crippen LogP contribution >= 0.6 is 0 Å². The van der Waals surface area contributed by atoms with E-state index in [9.17, 15) is 9.18 Å². The van der Waals surface area contributed by atoms with E-state index in [-0.39, 0.29) is 6.04 Å². The second-order valence-electron chi connectivity index (χ2n) is 5.06. The van der Waals surface area contributed by atoms with Gasteiger partial charge in [-0.05, 0) is 31.9 Å². The predicted octanol–water partition coefficient (Wildman–Crippen LogP) is 2.30. The van der Waals surface area contributed by atoms with Crippen LogP contribution in [0.5, 0.6) is 0 Å². The van der Waals surface area contributed by atoms with Crippen molar-refractivity contribution in [3.8, 4) is 0 Å². The van der Waals surface area contributed by atoms with Crippen molar-refractivity contribution in [2.75, 3.05) is 19.8 Å². The lowest BCUT2D eigenvalue weighted by Crippen LogP contribution is -2.43.